The fourth-order valence-corrected chi connectivity index (χ4v) is 2.05. The average Bonchev–Trinajstić information content (AvgIpc) is 2.54. The number of anilines is 1. The molecular formula is C16H14N2O2S. The first-order chi connectivity index (χ1) is 10.2. The van der Waals surface area contributed by atoms with Gasteiger partial charge in [-0.15, -0.1) is 11.8 Å². The summed E-state index contributed by atoms with van der Waals surface area (Å²) in [5.74, 6) is 0.332. The quantitative estimate of drug-likeness (QED) is 0.860. The number of nitrogens with zero attached hydrogens (tertiary/aromatic N) is 1. The van der Waals surface area contributed by atoms with Gasteiger partial charge >= 0.3 is 0 Å². The van der Waals surface area contributed by atoms with Crippen LogP contribution in [0.15, 0.2) is 53.4 Å². The second-order valence-electron chi connectivity index (χ2n) is 4.20. The van der Waals surface area contributed by atoms with Crippen LogP contribution in [-0.2, 0) is 4.79 Å². The molecule has 5 heteroatoms. The fourth-order valence-electron chi connectivity index (χ4n) is 1.65. The molecule has 2 aromatic carbocycles. The molecule has 0 aliphatic carbocycles. The van der Waals surface area contributed by atoms with E-state index in [2.05, 4.69) is 5.32 Å². The Bertz CT molecular complexity index is 645. The second kappa shape index (κ2) is 7.36. The van der Waals surface area contributed by atoms with Crippen LogP contribution in [0.4, 0.5) is 5.69 Å². The minimum Gasteiger partial charge on any atom is -0.484 e. The van der Waals surface area contributed by atoms with Crippen LogP contribution in [0.1, 0.15) is 5.56 Å². The number of ether oxygens (including phenoxy) is 1. The summed E-state index contributed by atoms with van der Waals surface area (Å²) >= 11 is 1.65. The van der Waals surface area contributed by atoms with Gasteiger partial charge < -0.3 is 10.1 Å². The first-order valence-electron chi connectivity index (χ1n) is 6.28. The largest absolute Gasteiger partial charge is 0.484 e. The molecule has 0 saturated heterocycles. The van der Waals surface area contributed by atoms with Crippen LogP contribution in [0.3, 0.4) is 0 Å². The highest BCUT2D eigenvalue weighted by atomic mass is 32.2. The Kier molecular flexibility index (Phi) is 5.24. The number of thioether (sulfide) groups is 1. The summed E-state index contributed by atoms with van der Waals surface area (Å²) in [5, 5.41) is 11.5. The van der Waals surface area contributed by atoms with Gasteiger partial charge in [0.25, 0.3) is 5.91 Å². The number of hydrogen-bond acceptors (Lipinski definition) is 4. The van der Waals surface area contributed by atoms with Gasteiger partial charge in [-0.2, -0.15) is 5.26 Å². The molecule has 1 N–H and O–H groups in total. The molecule has 0 saturated carbocycles. The second-order valence-corrected chi connectivity index (χ2v) is 5.08. The summed E-state index contributed by atoms with van der Waals surface area (Å²) in [6.07, 6.45) is 2.00. The fraction of sp³-hybridized carbons (Fsp3) is 0.125. The molecule has 106 valence electrons. The molecule has 0 aliphatic rings. The van der Waals surface area contributed by atoms with Crippen molar-refractivity contribution in [2.75, 3.05) is 18.2 Å². The van der Waals surface area contributed by atoms with Gasteiger partial charge in [0.05, 0.1) is 11.6 Å². The van der Waals surface area contributed by atoms with Gasteiger partial charge in [0.2, 0.25) is 0 Å². The third-order valence-corrected chi connectivity index (χ3v) is 3.47. The molecule has 0 unspecified atom stereocenters. The van der Waals surface area contributed by atoms with Crippen molar-refractivity contribution in [3.63, 3.8) is 0 Å². The first-order valence-corrected chi connectivity index (χ1v) is 7.50. The van der Waals surface area contributed by atoms with Gasteiger partial charge in [0.15, 0.2) is 6.61 Å². The van der Waals surface area contributed by atoms with Gasteiger partial charge in [-0.05, 0) is 54.8 Å². The minimum absolute atomic E-state index is 0.0732. The Morgan fingerprint density at radius 3 is 2.43 bits per heavy atom. The van der Waals surface area contributed by atoms with Gasteiger partial charge in [0.1, 0.15) is 5.75 Å². The van der Waals surface area contributed by atoms with Gasteiger partial charge in [0, 0.05) is 10.6 Å². The van der Waals surface area contributed by atoms with Crippen molar-refractivity contribution in [1.82, 2.24) is 0 Å². The van der Waals surface area contributed by atoms with Crippen LogP contribution in [-0.4, -0.2) is 18.8 Å². The van der Waals surface area contributed by atoms with E-state index in [0.717, 1.165) is 10.6 Å². The molecule has 2 rings (SSSR count). The van der Waals surface area contributed by atoms with Crippen molar-refractivity contribution in [3.8, 4) is 11.8 Å². The number of nitriles is 1. The summed E-state index contributed by atoms with van der Waals surface area (Å²) in [4.78, 5) is 12.9. The van der Waals surface area contributed by atoms with Gasteiger partial charge in [-0.3, -0.25) is 4.79 Å². The van der Waals surface area contributed by atoms with E-state index < -0.39 is 0 Å². The van der Waals surface area contributed by atoms with E-state index in [1.807, 2.05) is 36.6 Å². The lowest BCUT2D eigenvalue weighted by Gasteiger charge is -2.08. The van der Waals surface area contributed by atoms with Crippen molar-refractivity contribution in [2.45, 2.75) is 4.90 Å². The molecule has 0 bridgehead atoms. The van der Waals surface area contributed by atoms with Gasteiger partial charge in [-0.25, -0.2) is 0 Å². The lowest BCUT2D eigenvalue weighted by atomic mass is 10.2. The molecule has 0 atom stereocenters. The molecule has 21 heavy (non-hydrogen) atoms. The van der Waals surface area contributed by atoms with E-state index in [4.69, 9.17) is 10.00 Å². The van der Waals surface area contributed by atoms with Crippen LogP contribution < -0.4 is 10.1 Å². The van der Waals surface area contributed by atoms with Crippen molar-refractivity contribution in [3.05, 3.63) is 54.1 Å². The summed E-state index contributed by atoms with van der Waals surface area (Å²) in [5.41, 5.74) is 1.29. The Morgan fingerprint density at radius 2 is 1.86 bits per heavy atom. The maximum atomic E-state index is 11.8. The summed E-state index contributed by atoms with van der Waals surface area (Å²) < 4.78 is 5.36. The molecule has 1 amide bonds. The van der Waals surface area contributed by atoms with E-state index in [1.165, 1.54) is 0 Å². The number of amides is 1. The number of nitrogens with one attached hydrogen (secondary N) is 1. The van der Waals surface area contributed by atoms with Crippen molar-refractivity contribution in [2.24, 2.45) is 0 Å². The lowest BCUT2D eigenvalue weighted by molar-refractivity contribution is -0.118. The van der Waals surface area contributed by atoms with Crippen LogP contribution in [0, 0.1) is 11.3 Å². The Morgan fingerprint density at radius 1 is 1.19 bits per heavy atom. The highest BCUT2D eigenvalue weighted by Crippen LogP contribution is 2.17. The van der Waals surface area contributed by atoms with Crippen LogP contribution in [0.25, 0.3) is 0 Å². The Labute approximate surface area is 127 Å². The monoisotopic (exact) mass is 298 g/mol. The zero-order valence-electron chi connectivity index (χ0n) is 11.5. The number of benzene rings is 2. The van der Waals surface area contributed by atoms with Crippen LogP contribution in [0.2, 0.25) is 0 Å². The maximum Gasteiger partial charge on any atom is 0.262 e. The molecule has 0 aliphatic heterocycles. The SMILES string of the molecule is CSc1ccc(NC(=O)COc2ccc(C#N)cc2)cc1. The van der Waals surface area contributed by atoms with Crippen LogP contribution >= 0.6 is 11.8 Å². The van der Waals surface area contributed by atoms with E-state index in [0.29, 0.717) is 11.3 Å². The third-order valence-electron chi connectivity index (χ3n) is 2.73. The number of hydrogen-bond donors (Lipinski definition) is 1. The lowest BCUT2D eigenvalue weighted by Crippen LogP contribution is -2.20. The minimum atomic E-state index is -0.226. The summed E-state index contributed by atoms with van der Waals surface area (Å²) in [6.45, 7) is -0.0732. The first kappa shape index (κ1) is 14.9. The van der Waals surface area contributed by atoms with E-state index in [-0.39, 0.29) is 12.5 Å². The molecular weight excluding hydrogens is 284 g/mol. The molecule has 0 aromatic heterocycles. The Hall–Kier alpha value is -2.45. The normalized spacial score (nSPS) is 9.71. The zero-order valence-corrected chi connectivity index (χ0v) is 12.3. The highest BCUT2D eigenvalue weighted by molar-refractivity contribution is 7.98. The summed E-state index contributed by atoms with van der Waals surface area (Å²) in [7, 11) is 0. The smallest absolute Gasteiger partial charge is 0.262 e. The van der Waals surface area contributed by atoms with Crippen molar-refractivity contribution < 1.29 is 9.53 Å². The van der Waals surface area contributed by atoms with E-state index in [1.54, 1.807) is 36.0 Å². The van der Waals surface area contributed by atoms with E-state index >= 15 is 0 Å². The maximum absolute atomic E-state index is 11.8. The third kappa shape index (κ3) is 4.55. The number of carbonyl (C=O) groups excluding carboxylic acids is 1. The molecule has 0 spiro atoms. The predicted octanol–water partition coefficient (Wildman–Crippen LogP) is 3.30. The Balaban J connectivity index is 1.84. The molecule has 0 radical (unpaired) electrons. The molecule has 4 nitrogen and oxygen atoms in total. The molecule has 0 heterocycles. The van der Waals surface area contributed by atoms with E-state index in [9.17, 15) is 4.79 Å². The molecule has 2 aromatic rings. The standard InChI is InChI=1S/C16H14N2O2S/c1-21-15-8-4-13(5-9-15)18-16(19)11-20-14-6-2-12(10-17)3-7-14/h2-9H,11H2,1H3,(H,18,19). The molecule has 0 fully saturated rings. The van der Waals surface area contributed by atoms with Gasteiger partial charge in [-0.1, -0.05) is 0 Å². The number of rotatable bonds is 5. The topological polar surface area (TPSA) is 62.1 Å². The van der Waals surface area contributed by atoms with Crippen molar-refractivity contribution in [1.29, 1.82) is 5.26 Å². The average molecular weight is 298 g/mol. The highest BCUT2D eigenvalue weighted by Gasteiger charge is 2.04. The van der Waals surface area contributed by atoms with Crippen LogP contribution in [0.5, 0.6) is 5.75 Å². The predicted molar refractivity (Wildman–Crippen MR) is 83.5 cm³/mol. The summed E-state index contributed by atoms with van der Waals surface area (Å²) in [6, 6.07) is 16.2. The zero-order chi connectivity index (χ0) is 15.1. The number of carbonyl (C=O) groups is 1. The van der Waals surface area contributed by atoms with Crippen molar-refractivity contribution >= 4 is 23.4 Å².